The average Bonchev–Trinajstić information content (AvgIpc) is 3.37. The summed E-state index contributed by atoms with van der Waals surface area (Å²) in [5.41, 5.74) is 0.760. The van der Waals surface area contributed by atoms with Crippen molar-refractivity contribution >= 4 is 48.9 Å². The predicted molar refractivity (Wildman–Crippen MR) is 131 cm³/mol. The maximum absolute atomic E-state index is 12.6. The fourth-order valence-electron chi connectivity index (χ4n) is 3.53. The van der Waals surface area contributed by atoms with Gasteiger partial charge in [-0.15, -0.1) is 0 Å². The number of halogens is 1. The first-order chi connectivity index (χ1) is 16.2. The van der Waals surface area contributed by atoms with Crippen molar-refractivity contribution in [3.8, 4) is 0 Å². The molecule has 1 heterocycles. The van der Waals surface area contributed by atoms with Gasteiger partial charge in [0.05, 0.1) is 20.5 Å². The van der Waals surface area contributed by atoms with Gasteiger partial charge in [-0.2, -0.15) is 4.31 Å². The monoisotopic (exact) mass is 519 g/mol. The van der Waals surface area contributed by atoms with Crippen LogP contribution in [-0.4, -0.2) is 40.1 Å². The maximum Gasteiger partial charge on any atom is 0.261 e. The lowest BCUT2D eigenvalue weighted by Crippen LogP contribution is -2.27. The van der Waals surface area contributed by atoms with E-state index >= 15 is 0 Å². The Bertz CT molecular complexity index is 1400. The van der Waals surface area contributed by atoms with Crippen LogP contribution in [0.5, 0.6) is 0 Å². The third kappa shape index (κ3) is 5.25. The van der Waals surface area contributed by atoms with E-state index in [2.05, 4.69) is 10.0 Å². The van der Waals surface area contributed by atoms with Crippen molar-refractivity contribution in [3.05, 3.63) is 83.4 Å². The molecule has 3 aromatic rings. The Hall–Kier alpha value is -2.92. The Morgan fingerprint density at radius 1 is 0.824 bits per heavy atom. The van der Waals surface area contributed by atoms with Gasteiger partial charge in [0, 0.05) is 24.3 Å². The molecule has 1 amide bonds. The van der Waals surface area contributed by atoms with Crippen LogP contribution in [-0.2, 0) is 20.0 Å². The summed E-state index contributed by atoms with van der Waals surface area (Å²) in [6, 6.07) is 18.0. The summed E-state index contributed by atoms with van der Waals surface area (Å²) in [6.45, 7) is 1.03. The highest BCUT2D eigenvalue weighted by atomic mass is 35.5. The first-order valence-corrected chi connectivity index (χ1v) is 13.8. The molecular formula is C23H22ClN3O5S2. The second-order valence-corrected chi connectivity index (χ2v) is 11.7. The molecular weight excluding hydrogens is 498 g/mol. The number of anilines is 2. The summed E-state index contributed by atoms with van der Waals surface area (Å²) in [4.78, 5) is 12.9. The summed E-state index contributed by atoms with van der Waals surface area (Å²) in [6.07, 6.45) is 1.70. The molecule has 34 heavy (non-hydrogen) atoms. The fourth-order valence-corrected chi connectivity index (χ4v) is 6.44. The Morgan fingerprint density at radius 3 is 2.09 bits per heavy atom. The molecule has 0 aromatic heterocycles. The number of nitrogens with zero attached hydrogens (tertiary/aromatic N) is 1. The number of carbonyl (C=O) groups excluding carboxylic acids is 1. The molecule has 0 aliphatic carbocycles. The Kier molecular flexibility index (Phi) is 6.94. The molecule has 1 aliphatic heterocycles. The Balaban J connectivity index is 1.45. The number of nitrogens with one attached hydrogen (secondary N) is 2. The quantitative estimate of drug-likeness (QED) is 0.486. The Labute approximate surface area is 203 Å². The molecule has 0 radical (unpaired) electrons. The van der Waals surface area contributed by atoms with E-state index in [0.29, 0.717) is 18.8 Å². The summed E-state index contributed by atoms with van der Waals surface area (Å²) in [7, 11) is -7.36. The highest BCUT2D eigenvalue weighted by Crippen LogP contribution is 2.27. The van der Waals surface area contributed by atoms with Gasteiger partial charge in [-0.3, -0.25) is 9.52 Å². The second-order valence-electron chi connectivity index (χ2n) is 7.70. The third-order valence-corrected chi connectivity index (χ3v) is 8.95. The van der Waals surface area contributed by atoms with Gasteiger partial charge in [-0.05, 0) is 67.4 Å². The van der Waals surface area contributed by atoms with Crippen molar-refractivity contribution in [1.29, 1.82) is 0 Å². The highest BCUT2D eigenvalue weighted by molar-refractivity contribution is 7.92. The van der Waals surface area contributed by atoms with Gasteiger partial charge >= 0.3 is 0 Å². The smallest absolute Gasteiger partial charge is 0.261 e. The van der Waals surface area contributed by atoms with Crippen molar-refractivity contribution in [2.24, 2.45) is 0 Å². The van der Waals surface area contributed by atoms with Gasteiger partial charge in [-0.25, -0.2) is 16.8 Å². The van der Waals surface area contributed by atoms with E-state index in [4.69, 9.17) is 11.6 Å². The lowest BCUT2D eigenvalue weighted by molar-refractivity contribution is 0.102. The molecule has 0 spiro atoms. The van der Waals surface area contributed by atoms with Gasteiger partial charge in [0.2, 0.25) is 10.0 Å². The Morgan fingerprint density at radius 2 is 1.47 bits per heavy atom. The van der Waals surface area contributed by atoms with E-state index < -0.39 is 26.0 Å². The van der Waals surface area contributed by atoms with Crippen LogP contribution < -0.4 is 10.0 Å². The third-order valence-electron chi connectivity index (χ3n) is 5.34. The van der Waals surface area contributed by atoms with Crippen LogP contribution in [0.2, 0.25) is 5.02 Å². The van der Waals surface area contributed by atoms with Crippen molar-refractivity contribution in [2.75, 3.05) is 23.1 Å². The predicted octanol–water partition coefficient (Wildman–Crippen LogP) is 4.18. The molecule has 0 bridgehead atoms. The van der Waals surface area contributed by atoms with E-state index in [0.717, 1.165) is 12.8 Å². The molecule has 1 saturated heterocycles. The summed E-state index contributed by atoms with van der Waals surface area (Å²) in [5, 5.41) is 2.74. The molecule has 3 aromatic carbocycles. The zero-order valence-electron chi connectivity index (χ0n) is 17.9. The zero-order chi connectivity index (χ0) is 24.3. The minimum Gasteiger partial charge on any atom is -0.322 e. The van der Waals surface area contributed by atoms with Crippen molar-refractivity contribution in [1.82, 2.24) is 4.31 Å². The highest BCUT2D eigenvalue weighted by Gasteiger charge is 2.27. The van der Waals surface area contributed by atoms with E-state index in [-0.39, 0.29) is 26.1 Å². The van der Waals surface area contributed by atoms with Gasteiger partial charge in [-0.1, -0.05) is 29.8 Å². The van der Waals surface area contributed by atoms with Gasteiger partial charge in [0.25, 0.3) is 15.9 Å². The number of sulfonamides is 2. The number of rotatable bonds is 7. The van der Waals surface area contributed by atoms with E-state index in [1.54, 1.807) is 18.2 Å². The van der Waals surface area contributed by atoms with Crippen LogP contribution in [0.25, 0.3) is 0 Å². The van der Waals surface area contributed by atoms with Crippen LogP contribution in [0.4, 0.5) is 11.4 Å². The SMILES string of the molecule is O=C(Nc1ccc(S(=O)(=O)N2CCCC2)cc1)c1ccc(NS(=O)(=O)c2ccccc2)c(Cl)c1. The number of benzene rings is 3. The van der Waals surface area contributed by atoms with Crippen LogP contribution in [0, 0.1) is 0 Å². The molecule has 0 unspecified atom stereocenters. The normalized spacial score (nSPS) is 14.6. The lowest BCUT2D eigenvalue weighted by atomic mass is 10.2. The molecule has 0 atom stereocenters. The van der Waals surface area contributed by atoms with Crippen LogP contribution >= 0.6 is 11.6 Å². The number of hydrogen-bond donors (Lipinski definition) is 2. The maximum atomic E-state index is 12.6. The number of amides is 1. The molecule has 1 fully saturated rings. The summed E-state index contributed by atoms with van der Waals surface area (Å²) < 4.78 is 54.1. The second kappa shape index (κ2) is 9.75. The first-order valence-electron chi connectivity index (χ1n) is 10.5. The minimum atomic E-state index is -3.83. The van der Waals surface area contributed by atoms with Crippen molar-refractivity contribution < 1.29 is 21.6 Å². The largest absolute Gasteiger partial charge is 0.322 e. The minimum absolute atomic E-state index is 0.0548. The number of hydrogen-bond acceptors (Lipinski definition) is 5. The number of carbonyl (C=O) groups is 1. The van der Waals surface area contributed by atoms with Crippen molar-refractivity contribution in [2.45, 2.75) is 22.6 Å². The molecule has 0 saturated carbocycles. The first kappa shape index (κ1) is 24.2. The van der Waals surface area contributed by atoms with Crippen LogP contribution in [0.3, 0.4) is 0 Å². The summed E-state index contributed by atoms with van der Waals surface area (Å²) in [5.74, 6) is -0.477. The average molecular weight is 520 g/mol. The van der Waals surface area contributed by atoms with Crippen molar-refractivity contribution in [3.63, 3.8) is 0 Å². The fraction of sp³-hybridized carbons (Fsp3) is 0.174. The molecule has 1 aliphatic rings. The van der Waals surface area contributed by atoms with Crippen LogP contribution in [0.1, 0.15) is 23.2 Å². The standard InChI is InChI=1S/C23H22ClN3O5S2/c24-21-16-17(8-13-22(21)26-33(29,30)19-6-2-1-3-7-19)23(28)25-18-9-11-20(12-10-18)34(31,32)27-14-4-5-15-27/h1-3,6-13,16,26H,4-5,14-15H2,(H,25,28). The van der Waals surface area contributed by atoms with E-state index in [9.17, 15) is 21.6 Å². The molecule has 4 rings (SSSR count). The van der Waals surface area contributed by atoms with E-state index in [1.165, 1.54) is 58.9 Å². The molecule has 2 N–H and O–H groups in total. The van der Waals surface area contributed by atoms with Gasteiger partial charge < -0.3 is 5.32 Å². The van der Waals surface area contributed by atoms with Gasteiger partial charge in [0.15, 0.2) is 0 Å². The molecule has 8 nitrogen and oxygen atoms in total. The van der Waals surface area contributed by atoms with Crippen LogP contribution in [0.15, 0.2) is 82.6 Å². The van der Waals surface area contributed by atoms with Gasteiger partial charge in [0.1, 0.15) is 0 Å². The topological polar surface area (TPSA) is 113 Å². The zero-order valence-corrected chi connectivity index (χ0v) is 20.3. The lowest BCUT2D eigenvalue weighted by Gasteiger charge is -2.15. The summed E-state index contributed by atoms with van der Waals surface area (Å²) >= 11 is 6.22. The molecule has 11 heteroatoms. The molecule has 178 valence electrons. The van der Waals surface area contributed by atoms with E-state index in [1.807, 2.05) is 0 Å².